The van der Waals surface area contributed by atoms with Crippen molar-refractivity contribution in [2.75, 3.05) is 34.9 Å². The number of nitrogens with zero attached hydrogens (tertiary/aromatic N) is 3. The average molecular weight is 344 g/mol. The predicted octanol–water partition coefficient (Wildman–Crippen LogP) is 2.29. The third-order valence-electron chi connectivity index (χ3n) is 4.19. The third-order valence-corrected chi connectivity index (χ3v) is 4.19. The number of aromatic nitrogens is 1. The third kappa shape index (κ3) is 4.92. The molecule has 1 N–H and O–H groups in total. The number of nitrogens with one attached hydrogen (secondary N) is 1. The number of hydrogen-bond acceptors (Lipinski definition) is 3. The van der Waals surface area contributed by atoms with Crippen LogP contribution in [0.4, 0.5) is 0 Å². The molecule has 0 aliphatic heterocycles. The fourth-order valence-electron chi connectivity index (χ4n) is 2.75. The lowest BCUT2D eigenvalue weighted by Crippen LogP contribution is -2.39. The Morgan fingerprint density at radius 3 is 2.64 bits per heavy atom. The minimum atomic E-state index is 0.758. The maximum absolute atomic E-state index is 5.43. The Morgan fingerprint density at radius 1 is 1.24 bits per heavy atom. The van der Waals surface area contributed by atoms with E-state index in [1.54, 1.807) is 21.3 Å². The van der Waals surface area contributed by atoms with Crippen LogP contribution in [0, 0.1) is 0 Å². The first-order valence-corrected chi connectivity index (χ1v) is 8.32. The van der Waals surface area contributed by atoms with Gasteiger partial charge < -0.3 is 24.3 Å². The summed E-state index contributed by atoms with van der Waals surface area (Å²) in [5, 5.41) is 3.41. The van der Waals surface area contributed by atoms with Crippen molar-refractivity contribution >= 4 is 5.96 Å². The van der Waals surface area contributed by atoms with Crippen molar-refractivity contribution in [3.63, 3.8) is 0 Å². The Balaban J connectivity index is 1.94. The lowest BCUT2D eigenvalue weighted by molar-refractivity contribution is 0.398. The molecule has 0 radical (unpaired) electrons. The summed E-state index contributed by atoms with van der Waals surface area (Å²) in [6.45, 7) is 1.55. The molecule has 0 aliphatic carbocycles. The van der Waals surface area contributed by atoms with Gasteiger partial charge >= 0.3 is 0 Å². The topological polar surface area (TPSA) is 51.0 Å². The number of hydrogen-bond donors (Lipinski definition) is 1. The summed E-state index contributed by atoms with van der Waals surface area (Å²) >= 11 is 0. The molecular weight excluding hydrogens is 316 g/mol. The second-order valence-corrected chi connectivity index (χ2v) is 5.87. The molecule has 0 saturated heterocycles. The van der Waals surface area contributed by atoms with Crippen molar-refractivity contribution in [2.24, 2.45) is 12.0 Å². The Bertz CT molecular complexity index is 709. The van der Waals surface area contributed by atoms with E-state index >= 15 is 0 Å². The van der Waals surface area contributed by atoms with E-state index in [9.17, 15) is 0 Å². The van der Waals surface area contributed by atoms with Crippen molar-refractivity contribution < 1.29 is 9.47 Å². The molecule has 0 bridgehead atoms. The summed E-state index contributed by atoms with van der Waals surface area (Å²) in [5.74, 6) is 2.57. The molecule has 0 aliphatic rings. The molecule has 25 heavy (non-hydrogen) atoms. The standard InChI is InChI=1S/C19H28N4O2/c1-20-19(23(3)14-16-7-6-12-22(16)2)21-11-10-15-13-17(24-4)8-9-18(15)25-5/h6-9,12-13H,10-11,14H2,1-5H3,(H,20,21). The van der Waals surface area contributed by atoms with Gasteiger partial charge in [-0.2, -0.15) is 0 Å². The zero-order valence-electron chi connectivity index (χ0n) is 15.7. The second-order valence-electron chi connectivity index (χ2n) is 5.87. The minimum absolute atomic E-state index is 0.758. The first kappa shape index (κ1) is 18.7. The van der Waals surface area contributed by atoms with Crippen LogP contribution < -0.4 is 14.8 Å². The number of aryl methyl sites for hydroxylation is 1. The van der Waals surface area contributed by atoms with Gasteiger partial charge in [0.2, 0.25) is 0 Å². The van der Waals surface area contributed by atoms with Crippen LogP contribution in [0.2, 0.25) is 0 Å². The number of aliphatic imine (C=N–C) groups is 1. The monoisotopic (exact) mass is 344 g/mol. The molecule has 1 aromatic carbocycles. The molecule has 6 heteroatoms. The highest BCUT2D eigenvalue weighted by Gasteiger charge is 2.09. The molecule has 136 valence electrons. The second kappa shape index (κ2) is 9.01. The van der Waals surface area contributed by atoms with Gasteiger partial charge in [0.05, 0.1) is 20.8 Å². The number of guanidine groups is 1. The van der Waals surface area contributed by atoms with E-state index < -0.39 is 0 Å². The first-order chi connectivity index (χ1) is 12.1. The van der Waals surface area contributed by atoms with Gasteiger partial charge in [0.1, 0.15) is 11.5 Å². The van der Waals surface area contributed by atoms with Crippen LogP contribution in [0.1, 0.15) is 11.3 Å². The van der Waals surface area contributed by atoms with E-state index in [0.717, 1.165) is 42.5 Å². The van der Waals surface area contributed by atoms with Gasteiger partial charge in [0, 0.05) is 39.6 Å². The summed E-state index contributed by atoms with van der Waals surface area (Å²) in [5.41, 5.74) is 2.34. The summed E-state index contributed by atoms with van der Waals surface area (Å²) in [4.78, 5) is 6.48. The van der Waals surface area contributed by atoms with E-state index in [0.29, 0.717) is 0 Å². The van der Waals surface area contributed by atoms with E-state index in [2.05, 4.69) is 45.2 Å². The molecule has 0 unspecified atom stereocenters. The van der Waals surface area contributed by atoms with Gasteiger partial charge in [0.15, 0.2) is 5.96 Å². The van der Waals surface area contributed by atoms with Crippen LogP contribution in [0.15, 0.2) is 41.5 Å². The van der Waals surface area contributed by atoms with Crippen molar-refractivity contribution in [3.8, 4) is 11.5 Å². The fourth-order valence-corrected chi connectivity index (χ4v) is 2.75. The maximum Gasteiger partial charge on any atom is 0.193 e. The lowest BCUT2D eigenvalue weighted by atomic mass is 10.1. The highest BCUT2D eigenvalue weighted by atomic mass is 16.5. The quantitative estimate of drug-likeness (QED) is 0.618. The molecule has 2 aromatic rings. The highest BCUT2D eigenvalue weighted by molar-refractivity contribution is 5.79. The van der Waals surface area contributed by atoms with E-state index in [4.69, 9.17) is 9.47 Å². The van der Waals surface area contributed by atoms with Crippen LogP contribution in [-0.2, 0) is 20.0 Å². The molecule has 0 fully saturated rings. The van der Waals surface area contributed by atoms with Crippen molar-refractivity contribution in [3.05, 3.63) is 47.8 Å². The number of methoxy groups -OCH3 is 2. The number of ether oxygens (including phenoxy) is 2. The Morgan fingerprint density at radius 2 is 2.04 bits per heavy atom. The van der Waals surface area contributed by atoms with Crippen LogP contribution in [0.25, 0.3) is 0 Å². The fraction of sp³-hybridized carbons (Fsp3) is 0.421. The SMILES string of the molecule is CN=C(NCCc1cc(OC)ccc1OC)N(C)Cc1cccn1C. The molecule has 1 aromatic heterocycles. The van der Waals surface area contributed by atoms with Crippen molar-refractivity contribution in [2.45, 2.75) is 13.0 Å². The Labute approximate surface area is 150 Å². The zero-order valence-corrected chi connectivity index (χ0v) is 15.7. The summed E-state index contributed by atoms with van der Waals surface area (Å²) in [6.07, 6.45) is 2.87. The Hall–Kier alpha value is -2.63. The summed E-state index contributed by atoms with van der Waals surface area (Å²) in [6, 6.07) is 10.0. The first-order valence-electron chi connectivity index (χ1n) is 8.32. The molecule has 2 rings (SSSR count). The van der Waals surface area contributed by atoms with E-state index in [1.807, 2.05) is 25.2 Å². The average Bonchev–Trinajstić information content (AvgIpc) is 3.03. The van der Waals surface area contributed by atoms with Crippen LogP contribution in [0.3, 0.4) is 0 Å². The largest absolute Gasteiger partial charge is 0.497 e. The van der Waals surface area contributed by atoms with Gasteiger partial charge in [0.25, 0.3) is 0 Å². The summed E-state index contributed by atoms with van der Waals surface area (Å²) in [7, 11) is 9.24. The maximum atomic E-state index is 5.43. The van der Waals surface area contributed by atoms with Gasteiger partial charge in [-0.1, -0.05) is 0 Å². The zero-order chi connectivity index (χ0) is 18.2. The summed E-state index contributed by atoms with van der Waals surface area (Å²) < 4.78 is 12.8. The van der Waals surface area contributed by atoms with Crippen LogP contribution in [0.5, 0.6) is 11.5 Å². The molecule has 0 saturated carbocycles. The Kier molecular flexibility index (Phi) is 6.74. The molecule has 6 nitrogen and oxygen atoms in total. The van der Waals surface area contributed by atoms with Gasteiger partial charge in [-0.15, -0.1) is 0 Å². The van der Waals surface area contributed by atoms with Gasteiger partial charge in [-0.3, -0.25) is 4.99 Å². The number of benzene rings is 1. The van der Waals surface area contributed by atoms with E-state index in [1.165, 1.54) is 5.69 Å². The van der Waals surface area contributed by atoms with Crippen molar-refractivity contribution in [1.29, 1.82) is 0 Å². The van der Waals surface area contributed by atoms with Gasteiger partial charge in [-0.05, 0) is 42.3 Å². The predicted molar refractivity (Wildman–Crippen MR) is 101 cm³/mol. The van der Waals surface area contributed by atoms with Crippen LogP contribution in [-0.4, -0.2) is 50.3 Å². The normalized spacial score (nSPS) is 11.3. The van der Waals surface area contributed by atoms with Crippen LogP contribution >= 0.6 is 0 Å². The number of rotatable bonds is 7. The minimum Gasteiger partial charge on any atom is -0.497 e. The van der Waals surface area contributed by atoms with Gasteiger partial charge in [-0.25, -0.2) is 0 Å². The molecular formula is C19H28N4O2. The molecule has 0 spiro atoms. The van der Waals surface area contributed by atoms with Crippen molar-refractivity contribution in [1.82, 2.24) is 14.8 Å². The highest BCUT2D eigenvalue weighted by Crippen LogP contribution is 2.24. The lowest BCUT2D eigenvalue weighted by Gasteiger charge is -2.22. The molecule has 0 amide bonds. The smallest absolute Gasteiger partial charge is 0.193 e. The molecule has 1 heterocycles. The molecule has 0 atom stereocenters. The van der Waals surface area contributed by atoms with E-state index in [-0.39, 0.29) is 0 Å².